The van der Waals surface area contributed by atoms with Crippen LogP contribution in [0.2, 0.25) is 0 Å². The average molecular weight is 280 g/mol. The molecule has 5 heteroatoms. The lowest BCUT2D eigenvalue weighted by molar-refractivity contribution is 0.220. The minimum Gasteiger partial charge on any atom is -0.396 e. The number of nitrogens with one attached hydrogen (secondary N) is 2. The molecule has 0 atom stereocenters. The van der Waals surface area contributed by atoms with Gasteiger partial charge in [0.15, 0.2) is 0 Å². The third-order valence-electron chi connectivity index (χ3n) is 3.14. The van der Waals surface area contributed by atoms with Gasteiger partial charge in [-0.05, 0) is 25.2 Å². The van der Waals surface area contributed by atoms with Crippen LogP contribution in [0.15, 0.2) is 6.07 Å². The maximum atomic E-state index is 9.06. The molecule has 0 radical (unpaired) electrons. The summed E-state index contributed by atoms with van der Waals surface area (Å²) in [5.74, 6) is 2.59. The highest BCUT2D eigenvalue weighted by molar-refractivity contribution is 5.47. The van der Waals surface area contributed by atoms with E-state index in [9.17, 15) is 0 Å². The molecule has 0 unspecified atom stereocenters. The Kier molecular flexibility index (Phi) is 6.71. The van der Waals surface area contributed by atoms with Crippen molar-refractivity contribution in [2.75, 3.05) is 30.3 Å². The molecule has 114 valence electrons. The fraction of sp³-hybridized carbons (Fsp3) is 0.733. The maximum absolute atomic E-state index is 9.06. The fourth-order valence-electron chi connectivity index (χ4n) is 1.92. The van der Waals surface area contributed by atoms with Gasteiger partial charge in [-0.15, -0.1) is 0 Å². The highest BCUT2D eigenvalue weighted by Crippen LogP contribution is 2.21. The summed E-state index contributed by atoms with van der Waals surface area (Å²) in [6, 6.07) is 1.94. The van der Waals surface area contributed by atoms with Crippen LogP contribution < -0.4 is 10.6 Å². The molecule has 3 N–H and O–H groups in total. The summed E-state index contributed by atoms with van der Waals surface area (Å²) in [7, 11) is 0. The van der Waals surface area contributed by atoms with Gasteiger partial charge in [-0.3, -0.25) is 0 Å². The third-order valence-corrected chi connectivity index (χ3v) is 3.14. The molecule has 0 aliphatic heterocycles. The molecule has 0 amide bonds. The monoisotopic (exact) mass is 280 g/mol. The van der Waals surface area contributed by atoms with Crippen molar-refractivity contribution in [3.8, 4) is 0 Å². The molecule has 0 bridgehead atoms. The molecule has 1 rings (SSSR count). The quantitative estimate of drug-likeness (QED) is 0.649. The van der Waals surface area contributed by atoms with E-state index in [-0.39, 0.29) is 12.0 Å². The van der Waals surface area contributed by atoms with Gasteiger partial charge in [-0.1, -0.05) is 20.8 Å². The van der Waals surface area contributed by atoms with Crippen molar-refractivity contribution in [1.29, 1.82) is 0 Å². The van der Waals surface area contributed by atoms with E-state index < -0.39 is 0 Å². The van der Waals surface area contributed by atoms with E-state index in [4.69, 9.17) is 5.11 Å². The van der Waals surface area contributed by atoms with Gasteiger partial charge in [0.1, 0.15) is 17.5 Å². The summed E-state index contributed by atoms with van der Waals surface area (Å²) in [6.45, 7) is 10.3. The van der Waals surface area contributed by atoms with Crippen LogP contribution in [0.3, 0.4) is 0 Å². The van der Waals surface area contributed by atoms with Crippen LogP contribution in [-0.2, 0) is 6.42 Å². The number of aliphatic hydroxyl groups is 1. The molecule has 0 aliphatic rings. The molecule has 1 aromatic rings. The average Bonchev–Trinajstić information content (AvgIpc) is 2.37. The summed E-state index contributed by atoms with van der Waals surface area (Å²) in [6.07, 6.45) is 2.69. The Bertz CT molecular complexity index is 383. The number of nitrogens with zero attached hydrogens (tertiary/aromatic N) is 2. The first-order valence-electron chi connectivity index (χ1n) is 7.47. The number of aromatic nitrogens is 2. The highest BCUT2D eigenvalue weighted by Gasteiger charge is 2.17. The second-order valence-electron chi connectivity index (χ2n) is 5.83. The van der Waals surface area contributed by atoms with E-state index >= 15 is 0 Å². The smallest absolute Gasteiger partial charge is 0.133 e. The van der Waals surface area contributed by atoms with E-state index in [2.05, 4.69) is 48.3 Å². The van der Waals surface area contributed by atoms with Gasteiger partial charge in [0.25, 0.3) is 0 Å². The Hall–Kier alpha value is -1.36. The topological polar surface area (TPSA) is 70.1 Å². The minimum atomic E-state index is 0.0446. The van der Waals surface area contributed by atoms with Crippen molar-refractivity contribution in [2.24, 2.45) is 5.41 Å². The summed E-state index contributed by atoms with van der Waals surface area (Å²) in [5.41, 5.74) is 0.0446. The van der Waals surface area contributed by atoms with Crippen LogP contribution in [0.1, 0.15) is 46.4 Å². The predicted octanol–water partition coefficient (Wildman–Crippen LogP) is 2.68. The lowest BCUT2D eigenvalue weighted by Crippen LogP contribution is -2.25. The number of hydrogen-bond acceptors (Lipinski definition) is 5. The summed E-state index contributed by atoms with van der Waals surface area (Å²) >= 11 is 0. The number of hydrogen-bond donors (Lipinski definition) is 3. The van der Waals surface area contributed by atoms with E-state index in [1.807, 2.05) is 6.07 Å². The Morgan fingerprint density at radius 1 is 1.15 bits per heavy atom. The lowest BCUT2D eigenvalue weighted by atomic mass is 9.90. The molecule has 0 fully saturated rings. The van der Waals surface area contributed by atoms with Gasteiger partial charge >= 0.3 is 0 Å². The fourth-order valence-corrected chi connectivity index (χ4v) is 1.92. The molecule has 0 saturated carbocycles. The number of aryl methyl sites for hydroxylation is 1. The van der Waals surface area contributed by atoms with Crippen molar-refractivity contribution in [2.45, 2.75) is 47.0 Å². The molecule has 0 aromatic carbocycles. The summed E-state index contributed by atoms with van der Waals surface area (Å²) < 4.78 is 0. The third kappa shape index (κ3) is 5.74. The van der Waals surface area contributed by atoms with Crippen molar-refractivity contribution in [3.05, 3.63) is 11.9 Å². The maximum Gasteiger partial charge on any atom is 0.133 e. The molecule has 5 nitrogen and oxygen atoms in total. The summed E-state index contributed by atoms with van der Waals surface area (Å²) in [5, 5.41) is 15.7. The van der Waals surface area contributed by atoms with Crippen LogP contribution in [0.25, 0.3) is 0 Å². The van der Waals surface area contributed by atoms with Gasteiger partial charge in [-0.2, -0.15) is 0 Å². The molecule has 0 aliphatic carbocycles. The zero-order valence-corrected chi connectivity index (χ0v) is 13.2. The Balaban J connectivity index is 2.77. The summed E-state index contributed by atoms with van der Waals surface area (Å²) in [4.78, 5) is 9.04. The van der Waals surface area contributed by atoms with Crippen molar-refractivity contribution < 1.29 is 5.11 Å². The molecular formula is C15H28N4O. The standard InChI is InChI=1S/C15H28N4O/c1-5-7-12-18-13(16-6-2)10-14(19-12)17-11-15(3,4)8-9-20/h10,20H,5-9,11H2,1-4H3,(H2,16,17,18,19). The normalized spacial score (nSPS) is 11.4. The molecule has 20 heavy (non-hydrogen) atoms. The van der Waals surface area contributed by atoms with E-state index in [1.54, 1.807) is 0 Å². The number of aliphatic hydroxyl groups excluding tert-OH is 1. The first-order valence-corrected chi connectivity index (χ1v) is 7.47. The number of rotatable bonds is 9. The first-order chi connectivity index (χ1) is 9.50. The Labute approximate surface area is 122 Å². The first kappa shape index (κ1) is 16.7. The van der Waals surface area contributed by atoms with Crippen LogP contribution in [-0.4, -0.2) is 34.8 Å². The zero-order chi connectivity index (χ0) is 15.0. The Morgan fingerprint density at radius 2 is 1.80 bits per heavy atom. The van der Waals surface area contributed by atoms with Crippen molar-refractivity contribution >= 4 is 11.6 Å². The molecule has 0 spiro atoms. The van der Waals surface area contributed by atoms with Gasteiger partial charge in [0.05, 0.1) is 0 Å². The van der Waals surface area contributed by atoms with Crippen molar-refractivity contribution in [1.82, 2.24) is 9.97 Å². The second kappa shape index (κ2) is 8.04. The minimum absolute atomic E-state index is 0.0446. The van der Waals surface area contributed by atoms with Crippen LogP contribution in [0.4, 0.5) is 11.6 Å². The van der Waals surface area contributed by atoms with Gasteiger partial charge < -0.3 is 15.7 Å². The highest BCUT2D eigenvalue weighted by atomic mass is 16.3. The second-order valence-corrected chi connectivity index (χ2v) is 5.83. The van der Waals surface area contributed by atoms with E-state index in [0.717, 1.165) is 49.8 Å². The molecule has 0 saturated heterocycles. The molecular weight excluding hydrogens is 252 g/mol. The van der Waals surface area contributed by atoms with Gasteiger partial charge in [0.2, 0.25) is 0 Å². The van der Waals surface area contributed by atoms with Gasteiger partial charge in [-0.25, -0.2) is 9.97 Å². The number of anilines is 2. The van der Waals surface area contributed by atoms with E-state index in [0.29, 0.717) is 0 Å². The predicted molar refractivity (Wildman–Crippen MR) is 84.2 cm³/mol. The van der Waals surface area contributed by atoms with E-state index in [1.165, 1.54) is 0 Å². The molecule has 1 heterocycles. The molecule has 1 aromatic heterocycles. The zero-order valence-electron chi connectivity index (χ0n) is 13.2. The van der Waals surface area contributed by atoms with Crippen molar-refractivity contribution in [3.63, 3.8) is 0 Å². The van der Waals surface area contributed by atoms with Crippen LogP contribution in [0, 0.1) is 5.41 Å². The van der Waals surface area contributed by atoms with Gasteiger partial charge in [0, 0.05) is 32.2 Å². The largest absolute Gasteiger partial charge is 0.396 e. The Morgan fingerprint density at radius 3 is 2.35 bits per heavy atom. The van der Waals surface area contributed by atoms with Crippen LogP contribution in [0.5, 0.6) is 0 Å². The lowest BCUT2D eigenvalue weighted by Gasteiger charge is -2.24. The van der Waals surface area contributed by atoms with Crippen LogP contribution >= 0.6 is 0 Å². The SMILES string of the molecule is CCCc1nc(NCC)cc(NCC(C)(C)CCO)n1.